The highest BCUT2D eigenvalue weighted by atomic mass is 16.3. The number of likely N-dealkylation sites (N-methyl/N-ethyl adjacent to an activating group) is 1. The van der Waals surface area contributed by atoms with Gasteiger partial charge in [0.1, 0.15) is 0 Å². The van der Waals surface area contributed by atoms with Gasteiger partial charge in [-0.25, -0.2) is 4.79 Å². The van der Waals surface area contributed by atoms with Gasteiger partial charge in [-0.05, 0) is 31.9 Å². The van der Waals surface area contributed by atoms with Gasteiger partial charge in [-0.15, -0.1) is 0 Å². The number of allylic oxidation sites excluding steroid dienone is 1. The Morgan fingerprint density at radius 1 is 1.25 bits per heavy atom. The summed E-state index contributed by atoms with van der Waals surface area (Å²) in [6, 6.07) is 7.51. The second kappa shape index (κ2) is 9.73. The number of carbonyl (C=O) groups is 2. The van der Waals surface area contributed by atoms with Gasteiger partial charge in [-0.1, -0.05) is 43.3 Å². The lowest BCUT2D eigenvalue weighted by Crippen LogP contribution is -2.70. The standard InChI is InChI=1S/C22H33N3O3/c1-6-8-16-9-11-17(12-10-16)21-18(13-24(5)20(27)7-2)25(19(21)14-26)22(28)23-15(3)4/h6,8-12,15,18-19,21,26H,7,13-14H2,1-5H3,(H,23,28)/b8-6+/t18-,19+,21-/m0/s1. The molecule has 6 nitrogen and oxygen atoms in total. The summed E-state index contributed by atoms with van der Waals surface area (Å²) in [5.41, 5.74) is 2.18. The number of hydrogen-bond donors (Lipinski definition) is 2. The average Bonchev–Trinajstić information content (AvgIpc) is 2.64. The van der Waals surface area contributed by atoms with Gasteiger partial charge in [-0.3, -0.25) is 4.79 Å². The average molecular weight is 388 g/mol. The molecular formula is C22H33N3O3. The summed E-state index contributed by atoms with van der Waals surface area (Å²) in [7, 11) is 1.77. The lowest BCUT2D eigenvalue weighted by Gasteiger charge is -2.55. The Kier molecular flexibility index (Phi) is 7.63. The molecule has 1 aliphatic heterocycles. The number of urea groups is 1. The summed E-state index contributed by atoms with van der Waals surface area (Å²) in [4.78, 5) is 28.2. The molecule has 1 aromatic carbocycles. The van der Waals surface area contributed by atoms with Crippen LogP contribution in [0.5, 0.6) is 0 Å². The highest BCUT2D eigenvalue weighted by Crippen LogP contribution is 2.41. The summed E-state index contributed by atoms with van der Waals surface area (Å²) in [5.74, 6) is 0.0218. The minimum atomic E-state index is -0.304. The molecule has 3 amide bonds. The molecule has 1 saturated heterocycles. The first-order chi connectivity index (χ1) is 13.3. The Morgan fingerprint density at radius 2 is 1.89 bits per heavy atom. The molecule has 0 saturated carbocycles. The molecule has 3 atom stereocenters. The van der Waals surface area contributed by atoms with Crippen molar-refractivity contribution in [2.24, 2.45) is 0 Å². The Bertz CT molecular complexity index is 699. The molecule has 0 aliphatic carbocycles. The maximum absolute atomic E-state index is 12.7. The highest BCUT2D eigenvalue weighted by Gasteiger charge is 2.51. The maximum atomic E-state index is 12.7. The van der Waals surface area contributed by atoms with E-state index in [0.717, 1.165) is 11.1 Å². The SMILES string of the molecule is C/C=C/c1ccc([C@@H]2[C@@H](CO)N(C(=O)NC(C)C)[C@H]2CN(C)C(=O)CC)cc1. The van der Waals surface area contributed by atoms with Crippen molar-refractivity contribution in [1.29, 1.82) is 0 Å². The van der Waals surface area contributed by atoms with E-state index in [9.17, 15) is 14.7 Å². The summed E-state index contributed by atoms with van der Waals surface area (Å²) < 4.78 is 0. The van der Waals surface area contributed by atoms with Crippen LogP contribution in [-0.2, 0) is 4.79 Å². The molecule has 2 N–H and O–H groups in total. The molecule has 2 rings (SSSR count). The Morgan fingerprint density at radius 3 is 2.39 bits per heavy atom. The van der Waals surface area contributed by atoms with Crippen LogP contribution in [0.15, 0.2) is 30.3 Å². The predicted octanol–water partition coefficient (Wildman–Crippen LogP) is 2.83. The summed E-state index contributed by atoms with van der Waals surface area (Å²) in [5, 5.41) is 12.9. The molecule has 0 radical (unpaired) electrons. The maximum Gasteiger partial charge on any atom is 0.318 e. The lowest BCUT2D eigenvalue weighted by atomic mass is 9.75. The minimum absolute atomic E-state index is 0.00154. The zero-order valence-corrected chi connectivity index (χ0v) is 17.6. The van der Waals surface area contributed by atoms with Crippen LogP contribution in [0.4, 0.5) is 4.79 Å². The van der Waals surface area contributed by atoms with E-state index in [1.54, 1.807) is 16.8 Å². The van der Waals surface area contributed by atoms with Crippen molar-refractivity contribution in [1.82, 2.24) is 15.1 Å². The van der Waals surface area contributed by atoms with Crippen LogP contribution in [0.2, 0.25) is 0 Å². The van der Waals surface area contributed by atoms with Crippen molar-refractivity contribution in [2.75, 3.05) is 20.2 Å². The number of likely N-dealkylation sites (tertiary alicyclic amines) is 1. The molecule has 0 spiro atoms. The van der Waals surface area contributed by atoms with Crippen LogP contribution in [0.25, 0.3) is 6.08 Å². The van der Waals surface area contributed by atoms with E-state index in [-0.39, 0.29) is 42.6 Å². The van der Waals surface area contributed by atoms with Crippen molar-refractivity contribution in [2.45, 2.75) is 58.2 Å². The quantitative estimate of drug-likeness (QED) is 0.756. The molecule has 1 aromatic rings. The van der Waals surface area contributed by atoms with Crippen molar-refractivity contribution < 1.29 is 14.7 Å². The molecular weight excluding hydrogens is 354 g/mol. The number of aliphatic hydroxyl groups excluding tert-OH is 1. The topological polar surface area (TPSA) is 72.9 Å². The zero-order valence-electron chi connectivity index (χ0n) is 17.6. The molecule has 154 valence electrons. The van der Waals surface area contributed by atoms with Gasteiger partial charge < -0.3 is 20.2 Å². The van der Waals surface area contributed by atoms with Crippen LogP contribution in [-0.4, -0.2) is 65.2 Å². The number of carbonyl (C=O) groups excluding carboxylic acids is 2. The van der Waals surface area contributed by atoms with E-state index >= 15 is 0 Å². The Balaban J connectivity index is 2.31. The molecule has 1 fully saturated rings. The van der Waals surface area contributed by atoms with Gasteiger partial charge in [0.25, 0.3) is 0 Å². The van der Waals surface area contributed by atoms with Crippen LogP contribution < -0.4 is 5.32 Å². The fourth-order valence-electron chi connectivity index (χ4n) is 3.89. The van der Waals surface area contributed by atoms with E-state index in [1.807, 2.05) is 52.0 Å². The van der Waals surface area contributed by atoms with Crippen molar-refractivity contribution in [3.63, 3.8) is 0 Å². The molecule has 1 aliphatic rings. The molecule has 0 bridgehead atoms. The second-order valence-corrected chi connectivity index (χ2v) is 7.65. The third-order valence-corrected chi connectivity index (χ3v) is 5.25. The van der Waals surface area contributed by atoms with E-state index in [0.29, 0.717) is 13.0 Å². The van der Waals surface area contributed by atoms with Crippen molar-refractivity contribution >= 4 is 18.0 Å². The van der Waals surface area contributed by atoms with Gasteiger partial charge in [0.05, 0.1) is 18.7 Å². The van der Waals surface area contributed by atoms with Crippen molar-refractivity contribution in [3.05, 3.63) is 41.5 Å². The summed E-state index contributed by atoms with van der Waals surface area (Å²) >= 11 is 0. The van der Waals surface area contributed by atoms with Crippen LogP contribution in [0, 0.1) is 0 Å². The number of nitrogens with zero attached hydrogens (tertiary/aromatic N) is 2. The fourth-order valence-corrected chi connectivity index (χ4v) is 3.89. The van der Waals surface area contributed by atoms with E-state index in [4.69, 9.17) is 0 Å². The Hall–Kier alpha value is -2.34. The number of benzene rings is 1. The fraction of sp³-hybridized carbons (Fsp3) is 0.545. The molecule has 1 heterocycles. The van der Waals surface area contributed by atoms with E-state index in [2.05, 4.69) is 17.4 Å². The van der Waals surface area contributed by atoms with Gasteiger partial charge in [0.2, 0.25) is 5.91 Å². The largest absolute Gasteiger partial charge is 0.394 e. The number of amides is 3. The zero-order chi connectivity index (χ0) is 20.8. The van der Waals surface area contributed by atoms with Gasteiger partial charge in [0, 0.05) is 32.0 Å². The van der Waals surface area contributed by atoms with Gasteiger partial charge in [0.15, 0.2) is 0 Å². The number of nitrogens with one attached hydrogen (secondary N) is 1. The summed E-state index contributed by atoms with van der Waals surface area (Å²) in [6.07, 6.45) is 4.44. The third-order valence-electron chi connectivity index (χ3n) is 5.25. The van der Waals surface area contributed by atoms with Crippen molar-refractivity contribution in [3.8, 4) is 0 Å². The predicted molar refractivity (Wildman–Crippen MR) is 112 cm³/mol. The smallest absolute Gasteiger partial charge is 0.318 e. The minimum Gasteiger partial charge on any atom is -0.394 e. The van der Waals surface area contributed by atoms with Crippen LogP contribution >= 0.6 is 0 Å². The first-order valence-electron chi connectivity index (χ1n) is 10.00. The summed E-state index contributed by atoms with van der Waals surface area (Å²) in [6.45, 7) is 7.95. The van der Waals surface area contributed by atoms with Gasteiger partial charge in [-0.2, -0.15) is 0 Å². The lowest BCUT2D eigenvalue weighted by molar-refractivity contribution is -0.131. The normalized spacial score (nSPS) is 21.7. The molecule has 28 heavy (non-hydrogen) atoms. The first-order valence-corrected chi connectivity index (χ1v) is 10.00. The second-order valence-electron chi connectivity index (χ2n) is 7.65. The monoisotopic (exact) mass is 387 g/mol. The van der Waals surface area contributed by atoms with Crippen LogP contribution in [0.1, 0.15) is 51.2 Å². The molecule has 6 heteroatoms. The number of hydrogen-bond acceptors (Lipinski definition) is 3. The number of aliphatic hydroxyl groups is 1. The Labute approximate surface area is 168 Å². The first kappa shape index (κ1) is 22.0. The third kappa shape index (κ3) is 4.73. The van der Waals surface area contributed by atoms with Crippen LogP contribution in [0.3, 0.4) is 0 Å². The van der Waals surface area contributed by atoms with Gasteiger partial charge >= 0.3 is 6.03 Å². The number of rotatable bonds is 7. The van der Waals surface area contributed by atoms with E-state index in [1.165, 1.54) is 0 Å². The van der Waals surface area contributed by atoms with E-state index < -0.39 is 0 Å². The molecule has 0 unspecified atom stereocenters. The molecule has 0 aromatic heterocycles. The highest BCUT2D eigenvalue weighted by molar-refractivity contribution is 5.78.